The second kappa shape index (κ2) is 7.31. The molecule has 27 heavy (non-hydrogen) atoms. The van der Waals surface area contributed by atoms with E-state index in [1.807, 2.05) is 0 Å². The Balaban J connectivity index is 1.70. The molecule has 0 atom stereocenters. The van der Waals surface area contributed by atoms with Crippen molar-refractivity contribution in [2.24, 2.45) is 0 Å². The highest BCUT2D eigenvalue weighted by atomic mass is 32.3. The van der Waals surface area contributed by atoms with E-state index in [0.717, 1.165) is 0 Å². The maximum atomic E-state index is 14.4. The lowest BCUT2D eigenvalue weighted by molar-refractivity contribution is 0.299. The predicted octanol–water partition coefficient (Wildman–Crippen LogP) is 3.20. The third kappa shape index (κ3) is 4.59. The van der Waals surface area contributed by atoms with E-state index in [1.54, 1.807) is 30.5 Å². The van der Waals surface area contributed by atoms with Crippen molar-refractivity contribution in [1.29, 1.82) is 0 Å². The molecule has 0 saturated carbocycles. The van der Waals surface area contributed by atoms with Crippen LogP contribution in [0.1, 0.15) is 17.2 Å². The fraction of sp³-hybridized carbons (Fsp3) is 0.176. The number of nitrogens with zero attached hydrogens (tertiary/aromatic N) is 3. The van der Waals surface area contributed by atoms with Crippen LogP contribution >= 0.6 is 0 Å². The molecule has 0 aliphatic carbocycles. The predicted molar refractivity (Wildman–Crippen MR) is 92.2 cm³/mol. The number of aromatic nitrogens is 3. The van der Waals surface area contributed by atoms with Crippen molar-refractivity contribution < 1.29 is 25.6 Å². The summed E-state index contributed by atoms with van der Waals surface area (Å²) in [6.07, 6.45) is 0. The summed E-state index contributed by atoms with van der Waals surface area (Å²) in [4.78, 5) is 0. The molecule has 142 valence electrons. The van der Waals surface area contributed by atoms with Crippen molar-refractivity contribution in [2.45, 2.75) is 20.5 Å². The zero-order valence-corrected chi connectivity index (χ0v) is 15.2. The molecule has 10 heteroatoms. The number of hydrogen-bond donors (Lipinski definition) is 0. The van der Waals surface area contributed by atoms with Gasteiger partial charge in [-0.05, 0) is 50.2 Å². The Morgan fingerprint density at radius 1 is 1.00 bits per heavy atom. The zero-order valence-electron chi connectivity index (χ0n) is 14.4. The fourth-order valence-electron chi connectivity index (χ4n) is 2.50. The van der Waals surface area contributed by atoms with Crippen LogP contribution in [0.2, 0.25) is 0 Å². The van der Waals surface area contributed by atoms with Crippen molar-refractivity contribution in [3.63, 3.8) is 0 Å². The molecule has 1 aromatic heterocycles. The Kier molecular flexibility index (Phi) is 5.08. The van der Waals surface area contributed by atoms with Crippen LogP contribution in [0, 0.1) is 19.7 Å². The molecule has 1 heterocycles. The summed E-state index contributed by atoms with van der Waals surface area (Å²) in [6.45, 7) is 3.50. The zero-order chi connectivity index (χ0) is 19.6. The molecule has 0 radical (unpaired) electrons. The van der Waals surface area contributed by atoms with Crippen molar-refractivity contribution in [3.05, 3.63) is 65.5 Å². The Morgan fingerprint density at radius 2 is 1.59 bits per heavy atom. The van der Waals surface area contributed by atoms with Gasteiger partial charge in [-0.25, -0.2) is 4.39 Å². The molecule has 0 N–H and O–H groups in total. The average Bonchev–Trinajstić information content (AvgIpc) is 2.92. The van der Waals surface area contributed by atoms with Crippen molar-refractivity contribution >= 4 is 10.5 Å². The van der Waals surface area contributed by atoms with Crippen LogP contribution < -0.4 is 8.92 Å². The lowest BCUT2D eigenvalue weighted by Gasteiger charge is -2.11. The summed E-state index contributed by atoms with van der Waals surface area (Å²) >= 11 is 0. The third-order valence-electron chi connectivity index (χ3n) is 3.70. The van der Waals surface area contributed by atoms with Gasteiger partial charge in [0.05, 0.1) is 5.69 Å². The van der Waals surface area contributed by atoms with Gasteiger partial charge in [0.1, 0.15) is 35.6 Å². The molecule has 0 amide bonds. The van der Waals surface area contributed by atoms with Crippen molar-refractivity contribution in [1.82, 2.24) is 14.8 Å². The van der Waals surface area contributed by atoms with Gasteiger partial charge in [-0.1, -0.05) is 9.95 Å². The van der Waals surface area contributed by atoms with E-state index in [9.17, 15) is 16.7 Å². The minimum absolute atomic E-state index is 0.0477. The summed E-state index contributed by atoms with van der Waals surface area (Å²) in [5.41, 5.74) is 0.930. The van der Waals surface area contributed by atoms with Gasteiger partial charge in [0.25, 0.3) is 0 Å². The first kappa shape index (κ1) is 18.8. The Morgan fingerprint density at radius 3 is 2.15 bits per heavy atom. The lowest BCUT2D eigenvalue weighted by Crippen LogP contribution is -2.04. The molecular formula is C17H15F2N3O4S. The molecule has 0 aliphatic rings. The van der Waals surface area contributed by atoms with Gasteiger partial charge >= 0.3 is 10.5 Å². The maximum Gasteiger partial charge on any atom is 0.488 e. The normalized spacial score (nSPS) is 11.4. The topological polar surface area (TPSA) is 83.3 Å². The van der Waals surface area contributed by atoms with E-state index in [1.165, 1.54) is 30.3 Å². The monoisotopic (exact) mass is 395 g/mol. The van der Waals surface area contributed by atoms with Gasteiger partial charge in [0.15, 0.2) is 0 Å². The molecule has 0 bridgehead atoms. The number of ether oxygens (including phenoxy) is 1. The molecule has 3 aromatic rings. The highest BCUT2D eigenvalue weighted by Crippen LogP contribution is 2.22. The lowest BCUT2D eigenvalue weighted by atomic mass is 10.2. The van der Waals surface area contributed by atoms with Gasteiger partial charge in [0, 0.05) is 5.56 Å². The Hall–Kier alpha value is -3.01. The van der Waals surface area contributed by atoms with Crippen molar-refractivity contribution in [2.75, 3.05) is 0 Å². The summed E-state index contributed by atoms with van der Waals surface area (Å²) in [5, 5.41) is 7.89. The molecular weight excluding hydrogens is 380 g/mol. The van der Waals surface area contributed by atoms with Crippen LogP contribution in [0.5, 0.6) is 11.5 Å². The summed E-state index contributed by atoms with van der Waals surface area (Å²) in [5.74, 6) is 0.984. The largest absolute Gasteiger partial charge is 0.489 e. The van der Waals surface area contributed by atoms with Gasteiger partial charge in [-0.15, -0.1) is 10.2 Å². The van der Waals surface area contributed by atoms with Gasteiger partial charge in [-0.2, -0.15) is 8.42 Å². The Bertz CT molecular complexity index is 1050. The van der Waals surface area contributed by atoms with Crippen LogP contribution in [0.4, 0.5) is 8.28 Å². The quantitative estimate of drug-likeness (QED) is 0.596. The second-order valence-corrected chi connectivity index (χ2v) is 6.59. The number of halogens is 2. The first-order valence-corrected chi connectivity index (χ1v) is 9.08. The maximum absolute atomic E-state index is 14.4. The minimum Gasteiger partial charge on any atom is -0.489 e. The molecule has 0 aliphatic heterocycles. The summed E-state index contributed by atoms with van der Waals surface area (Å²) in [7, 11) is -5.08. The van der Waals surface area contributed by atoms with Crippen molar-refractivity contribution in [3.8, 4) is 17.2 Å². The van der Waals surface area contributed by atoms with Crippen LogP contribution in [-0.4, -0.2) is 23.2 Å². The number of hydrogen-bond acceptors (Lipinski definition) is 6. The number of aryl methyl sites for hydroxylation is 2. The molecule has 2 aromatic carbocycles. The van der Waals surface area contributed by atoms with E-state index in [0.29, 0.717) is 28.6 Å². The molecule has 3 rings (SSSR count). The van der Waals surface area contributed by atoms with E-state index >= 15 is 0 Å². The molecule has 0 fully saturated rings. The van der Waals surface area contributed by atoms with Crippen LogP contribution in [-0.2, 0) is 17.1 Å². The van der Waals surface area contributed by atoms with E-state index < -0.39 is 16.3 Å². The highest BCUT2D eigenvalue weighted by Gasteiger charge is 2.12. The number of rotatable bonds is 6. The van der Waals surface area contributed by atoms with Gasteiger partial charge in [0.2, 0.25) is 0 Å². The van der Waals surface area contributed by atoms with Crippen LogP contribution in [0.3, 0.4) is 0 Å². The molecule has 0 saturated heterocycles. The second-order valence-electron chi connectivity index (χ2n) is 5.64. The van der Waals surface area contributed by atoms with E-state index in [-0.39, 0.29) is 12.4 Å². The minimum atomic E-state index is -5.08. The molecule has 0 spiro atoms. The standard InChI is InChI=1S/C17H15F2N3O4S/c1-11-20-21-12(2)22(11)14-4-3-13(17(18)9-14)10-25-15-5-7-16(8-6-15)26-27(19,23)24/h3-9H,10H2,1-2H3. The summed E-state index contributed by atoms with van der Waals surface area (Å²) in [6, 6.07) is 9.91. The van der Waals surface area contributed by atoms with Gasteiger partial charge < -0.3 is 8.92 Å². The van der Waals surface area contributed by atoms with Gasteiger partial charge in [-0.3, -0.25) is 4.57 Å². The highest BCUT2D eigenvalue weighted by molar-refractivity contribution is 7.81. The fourth-order valence-corrected chi connectivity index (χ4v) is 2.84. The van der Waals surface area contributed by atoms with E-state index in [4.69, 9.17) is 4.74 Å². The average molecular weight is 395 g/mol. The molecule has 0 unspecified atom stereocenters. The first-order chi connectivity index (χ1) is 12.7. The Labute approximate surface area is 154 Å². The van der Waals surface area contributed by atoms with E-state index in [2.05, 4.69) is 14.4 Å². The third-order valence-corrected chi connectivity index (χ3v) is 4.09. The SMILES string of the molecule is Cc1nnc(C)n1-c1ccc(COc2ccc(OS(=O)(=O)F)cc2)c(F)c1. The summed E-state index contributed by atoms with van der Waals surface area (Å²) < 4.78 is 58.9. The van der Waals surface area contributed by atoms with Crippen LogP contribution in [0.15, 0.2) is 42.5 Å². The van der Waals surface area contributed by atoms with Crippen LogP contribution in [0.25, 0.3) is 5.69 Å². The number of benzene rings is 2. The molecule has 7 nitrogen and oxygen atoms in total. The smallest absolute Gasteiger partial charge is 0.488 e. The first-order valence-electron chi connectivity index (χ1n) is 7.77.